The van der Waals surface area contributed by atoms with E-state index in [0.29, 0.717) is 24.5 Å². The van der Waals surface area contributed by atoms with Gasteiger partial charge in [-0.05, 0) is 25.5 Å². The largest absolute Gasteiger partial charge is 0.365 e. The van der Waals surface area contributed by atoms with Gasteiger partial charge in [0.2, 0.25) is 0 Å². The molecule has 2 aromatic heterocycles. The Morgan fingerprint density at radius 1 is 1.32 bits per heavy atom. The lowest BCUT2D eigenvalue weighted by Crippen LogP contribution is -2.07. The summed E-state index contributed by atoms with van der Waals surface area (Å²) in [6.45, 7) is 4.16. The van der Waals surface area contributed by atoms with Gasteiger partial charge >= 0.3 is 0 Å². The third-order valence-electron chi connectivity index (χ3n) is 2.56. The van der Waals surface area contributed by atoms with E-state index in [-0.39, 0.29) is 10.7 Å². The number of rotatable bonds is 4. The second-order valence-corrected chi connectivity index (χ2v) is 4.46. The Hall–Kier alpha value is -2.01. The molecule has 0 atom stereocenters. The van der Waals surface area contributed by atoms with Crippen LogP contribution in [0.5, 0.6) is 0 Å². The number of nitrogens with zero attached hydrogens (tertiary/aromatic N) is 3. The van der Waals surface area contributed by atoms with Gasteiger partial charge in [0.1, 0.15) is 16.8 Å². The van der Waals surface area contributed by atoms with Gasteiger partial charge in [0, 0.05) is 18.4 Å². The maximum absolute atomic E-state index is 11.0. The molecular weight excluding hydrogens is 264 g/mol. The Kier molecular flexibility index (Phi) is 4.06. The molecule has 0 radical (unpaired) electrons. The van der Waals surface area contributed by atoms with E-state index in [4.69, 9.17) is 11.6 Å². The van der Waals surface area contributed by atoms with Crippen LogP contribution in [-0.2, 0) is 6.54 Å². The number of aromatic nitrogens is 3. The summed E-state index contributed by atoms with van der Waals surface area (Å²) in [5.41, 5.74) is 2.22. The van der Waals surface area contributed by atoms with Crippen molar-refractivity contribution in [2.45, 2.75) is 20.4 Å². The van der Waals surface area contributed by atoms with Crippen molar-refractivity contribution in [1.29, 1.82) is 0 Å². The molecule has 0 aliphatic heterocycles. The smallest absolute Gasteiger partial charge is 0.156 e. The average Bonchev–Trinajstić information content (AvgIpc) is 2.37. The zero-order valence-corrected chi connectivity index (χ0v) is 11.4. The molecule has 0 saturated heterocycles. The Morgan fingerprint density at radius 2 is 2.11 bits per heavy atom. The minimum atomic E-state index is 0.159. The molecule has 0 saturated carbocycles. The Morgan fingerprint density at radius 3 is 2.74 bits per heavy atom. The van der Waals surface area contributed by atoms with Crippen LogP contribution in [0.25, 0.3) is 0 Å². The van der Waals surface area contributed by atoms with Crippen molar-refractivity contribution in [2.24, 2.45) is 0 Å². The quantitative estimate of drug-likeness (QED) is 0.687. The molecule has 1 N–H and O–H groups in total. The average molecular weight is 277 g/mol. The van der Waals surface area contributed by atoms with Crippen LogP contribution in [0.15, 0.2) is 18.3 Å². The third-order valence-corrected chi connectivity index (χ3v) is 2.85. The maximum Gasteiger partial charge on any atom is 0.156 e. The van der Waals surface area contributed by atoms with Gasteiger partial charge in [-0.2, -0.15) is 0 Å². The zero-order valence-electron chi connectivity index (χ0n) is 10.6. The monoisotopic (exact) mass is 276 g/mol. The highest BCUT2D eigenvalue weighted by Crippen LogP contribution is 2.19. The van der Waals surface area contributed by atoms with Crippen LogP contribution in [0, 0.1) is 13.8 Å². The van der Waals surface area contributed by atoms with Crippen LogP contribution in [0.1, 0.15) is 27.4 Å². The minimum Gasteiger partial charge on any atom is -0.365 e. The molecule has 0 aliphatic carbocycles. The molecule has 0 fully saturated rings. The number of carbonyl (C=O) groups is 1. The van der Waals surface area contributed by atoms with E-state index in [2.05, 4.69) is 20.3 Å². The topological polar surface area (TPSA) is 67.8 Å². The van der Waals surface area contributed by atoms with Crippen molar-refractivity contribution in [2.75, 3.05) is 5.32 Å². The fraction of sp³-hybridized carbons (Fsp3) is 0.231. The third kappa shape index (κ3) is 3.26. The predicted molar refractivity (Wildman–Crippen MR) is 73.5 cm³/mol. The summed E-state index contributed by atoms with van der Waals surface area (Å²) in [5, 5.41) is 3.23. The molecule has 19 heavy (non-hydrogen) atoms. The number of aldehydes is 1. The van der Waals surface area contributed by atoms with Gasteiger partial charge < -0.3 is 5.32 Å². The Bertz CT molecular complexity index is 598. The van der Waals surface area contributed by atoms with Crippen molar-refractivity contribution >= 4 is 23.7 Å². The lowest BCUT2D eigenvalue weighted by atomic mass is 10.2. The molecule has 0 bridgehead atoms. The van der Waals surface area contributed by atoms with Crippen LogP contribution in [0.2, 0.25) is 5.15 Å². The Labute approximate surface area is 116 Å². The SMILES string of the molecule is Cc1ccc(CNc2nc(C)nc(Cl)c2C=O)cn1. The zero-order chi connectivity index (χ0) is 13.8. The van der Waals surface area contributed by atoms with E-state index in [1.165, 1.54) is 0 Å². The Balaban J connectivity index is 2.19. The lowest BCUT2D eigenvalue weighted by molar-refractivity contribution is 0.112. The molecule has 2 aromatic rings. The van der Waals surface area contributed by atoms with Crippen molar-refractivity contribution in [3.63, 3.8) is 0 Å². The van der Waals surface area contributed by atoms with Gasteiger partial charge in [0.15, 0.2) is 6.29 Å². The second kappa shape index (κ2) is 5.75. The number of nitrogens with one attached hydrogen (secondary N) is 1. The molecule has 0 unspecified atom stereocenters. The number of halogens is 1. The lowest BCUT2D eigenvalue weighted by Gasteiger charge is -2.09. The van der Waals surface area contributed by atoms with Gasteiger partial charge in [0.05, 0.1) is 5.56 Å². The first-order valence-electron chi connectivity index (χ1n) is 5.75. The molecule has 0 amide bonds. The number of pyridine rings is 1. The summed E-state index contributed by atoms with van der Waals surface area (Å²) in [6.07, 6.45) is 2.43. The van der Waals surface area contributed by atoms with Gasteiger partial charge in [-0.15, -0.1) is 0 Å². The van der Waals surface area contributed by atoms with Crippen molar-refractivity contribution in [3.8, 4) is 0 Å². The van der Waals surface area contributed by atoms with Crippen LogP contribution in [0.3, 0.4) is 0 Å². The van der Waals surface area contributed by atoms with Crippen LogP contribution < -0.4 is 5.32 Å². The molecule has 2 rings (SSSR count). The molecule has 98 valence electrons. The summed E-state index contributed by atoms with van der Waals surface area (Å²) in [6, 6.07) is 3.89. The minimum absolute atomic E-state index is 0.159. The second-order valence-electron chi connectivity index (χ2n) is 4.10. The van der Waals surface area contributed by atoms with E-state index in [1.54, 1.807) is 13.1 Å². The molecule has 2 heterocycles. The first kappa shape index (κ1) is 13.4. The number of carbonyl (C=O) groups excluding carboxylic acids is 1. The van der Waals surface area contributed by atoms with Gasteiger partial charge in [-0.1, -0.05) is 17.7 Å². The normalized spacial score (nSPS) is 10.3. The number of anilines is 1. The van der Waals surface area contributed by atoms with Gasteiger partial charge in [-0.25, -0.2) is 9.97 Å². The number of hydrogen-bond donors (Lipinski definition) is 1. The van der Waals surface area contributed by atoms with E-state index in [9.17, 15) is 4.79 Å². The number of hydrogen-bond acceptors (Lipinski definition) is 5. The fourth-order valence-corrected chi connectivity index (χ4v) is 1.83. The fourth-order valence-electron chi connectivity index (χ4n) is 1.57. The highest BCUT2D eigenvalue weighted by atomic mass is 35.5. The van der Waals surface area contributed by atoms with Crippen molar-refractivity contribution in [3.05, 3.63) is 46.1 Å². The van der Waals surface area contributed by atoms with E-state index in [1.807, 2.05) is 19.1 Å². The van der Waals surface area contributed by atoms with Crippen LogP contribution in [-0.4, -0.2) is 21.2 Å². The summed E-state index contributed by atoms with van der Waals surface area (Å²) in [5.74, 6) is 0.952. The first-order chi connectivity index (χ1) is 9.10. The maximum atomic E-state index is 11.0. The predicted octanol–water partition coefficient (Wildman–Crippen LogP) is 2.57. The van der Waals surface area contributed by atoms with E-state index in [0.717, 1.165) is 11.3 Å². The summed E-state index contributed by atoms with van der Waals surface area (Å²) in [7, 11) is 0. The summed E-state index contributed by atoms with van der Waals surface area (Å²) in [4.78, 5) is 23.3. The first-order valence-corrected chi connectivity index (χ1v) is 6.12. The highest BCUT2D eigenvalue weighted by Gasteiger charge is 2.10. The van der Waals surface area contributed by atoms with Crippen molar-refractivity contribution in [1.82, 2.24) is 15.0 Å². The van der Waals surface area contributed by atoms with Gasteiger partial charge in [-0.3, -0.25) is 9.78 Å². The van der Waals surface area contributed by atoms with E-state index >= 15 is 0 Å². The summed E-state index contributed by atoms with van der Waals surface area (Å²) < 4.78 is 0. The van der Waals surface area contributed by atoms with Crippen LogP contribution >= 0.6 is 11.6 Å². The highest BCUT2D eigenvalue weighted by molar-refractivity contribution is 6.32. The summed E-state index contributed by atoms with van der Waals surface area (Å²) >= 11 is 5.90. The molecule has 0 aromatic carbocycles. The van der Waals surface area contributed by atoms with E-state index < -0.39 is 0 Å². The molecule has 0 aliphatic rings. The molecule has 6 heteroatoms. The standard InChI is InChI=1S/C13H13ClN4O/c1-8-3-4-10(5-15-8)6-16-13-11(7-19)12(14)17-9(2)18-13/h3-5,7H,6H2,1-2H3,(H,16,17,18). The molecule has 5 nitrogen and oxygen atoms in total. The van der Waals surface area contributed by atoms with Gasteiger partial charge in [0.25, 0.3) is 0 Å². The van der Waals surface area contributed by atoms with Crippen molar-refractivity contribution < 1.29 is 4.79 Å². The molecular formula is C13H13ClN4O. The number of aryl methyl sites for hydroxylation is 2. The van der Waals surface area contributed by atoms with Crippen LogP contribution in [0.4, 0.5) is 5.82 Å². The molecule has 0 spiro atoms.